The molecule has 0 fully saturated rings. The van der Waals surface area contributed by atoms with Crippen LogP contribution in [-0.2, 0) is 4.79 Å². The third-order valence-electron chi connectivity index (χ3n) is 2.45. The number of ether oxygens (including phenoxy) is 1. The standard InChI is InChI=1S/C13H20N2O2/c1-11(13(14)16)10-15-8-5-9-17-12-6-3-2-4-7-12/h2-4,6-7,11,15H,5,8-10H2,1H3,(H2,14,16). The minimum atomic E-state index is -0.266. The van der Waals surface area contributed by atoms with Gasteiger partial charge < -0.3 is 15.8 Å². The Morgan fingerprint density at radius 2 is 2.12 bits per heavy atom. The molecule has 1 rings (SSSR count). The average Bonchev–Trinajstić information content (AvgIpc) is 2.34. The first kappa shape index (κ1) is 13.5. The number of hydrogen-bond acceptors (Lipinski definition) is 3. The number of rotatable bonds is 8. The number of carbonyl (C=O) groups is 1. The Hall–Kier alpha value is -1.55. The maximum Gasteiger partial charge on any atom is 0.221 e. The lowest BCUT2D eigenvalue weighted by Gasteiger charge is -2.09. The van der Waals surface area contributed by atoms with E-state index in [1.807, 2.05) is 37.3 Å². The van der Waals surface area contributed by atoms with Gasteiger partial charge in [-0.1, -0.05) is 25.1 Å². The van der Waals surface area contributed by atoms with Gasteiger partial charge >= 0.3 is 0 Å². The molecule has 4 nitrogen and oxygen atoms in total. The van der Waals surface area contributed by atoms with Crippen molar-refractivity contribution >= 4 is 5.91 Å². The molecule has 4 heteroatoms. The summed E-state index contributed by atoms with van der Waals surface area (Å²) in [5.41, 5.74) is 5.15. The Balaban J connectivity index is 2.00. The molecule has 0 saturated heterocycles. The Morgan fingerprint density at radius 1 is 1.41 bits per heavy atom. The van der Waals surface area contributed by atoms with Gasteiger partial charge in [-0.2, -0.15) is 0 Å². The lowest BCUT2D eigenvalue weighted by atomic mass is 10.2. The molecule has 1 aromatic rings. The summed E-state index contributed by atoms with van der Waals surface area (Å²) in [6, 6.07) is 9.72. The first-order valence-electron chi connectivity index (χ1n) is 5.88. The van der Waals surface area contributed by atoms with Crippen LogP contribution in [0.4, 0.5) is 0 Å². The lowest BCUT2D eigenvalue weighted by Crippen LogP contribution is -2.31. The summed E-state index contributed by atoms with van der Waals surface area (Å²) in [7, 11) is 0. The molecule has 0 aliphatic rings. The molecule has 0 bridgehead atoms. The van der Waals surface area contributed by atoms with E-state index in [4.69, 9.17) is 10.5 Å². The second kappa shape index (κ2) is 7.68. The number of carbonyl (C=O) groups excluding carboxylic acids is 1. The smallest absolute Gasteiger partial charge is 0.221 e. The predicted molar refractivity (Wildman–Crippen MR) is 67.8 cm³/mol. The largest absolute Gasteiger partial charge is 0.494 e. The third kappa shape index (κ3) is 5.92. The van der Waals surface area contributed by atoms with Crippen molar-refractivity contribution in [2.24, 2.45) is 11.7 Å². The van der Waals surface area contributed by atoms with Crippen molar-refractivity contribution in [1.82, 2.24) is 5.32 Å². The predicted octanol–water partition coefficient (Wildman–Crippen LogP) is 1.17. The Kier molecular flexibility index (Phi) is 6.10. The number of amides is 1. The Bertz CT molecular complexity index is 327. The van der Waals surface area contributed by atoms with Gasteiger partial charge in [-0.25, -0.2) is 0 Å². The summed E-state index contributed by atoms with van der Waals surface area (Å²) in [6.45, 7) is 3.93. The molecule has 0 saturated carbocycles. The zero-order valence-electron chi connectivity index (χ0n) is 10.2. The fourth-order valence-electron chi connectivity index (χ4n) is 1.32. The van der Waals surface area contributed by atoms with Gasteiger partial charge in [0, 0.05) is 12.5 Å². The second-order valence-electron chi connectivity index (χ2n) is 4.02. The molecule has 1 unspecified atom stereocenters. The minimum Gasteiger partial charge on any atom is -0.494 e. The third-order valence-corrected chi connectivity index (χ3v) is 2.45. The van der Waals surface area contributed by atoms with Gasteiger partial charge in [0.05, 0.1) is 6.61 Å². The van der Waals surface area contributed by atoms with Crippen molar-refractivity contribution in [3.05, 3.63) is 30.3 Å². The van der Waals surface area contributed by atoms with E-state index >= 15 is 0 Å². The lowest BCUT2D eigenvalue weighted by molar-refractivity contribution is -0.121. The van der Waals surface area contributed by atoms with Crippen LogP contribution in [0.25, 0.3) is 0 Å². The number of primary amides is 1. The maximum atomic E-state index is 10.8. The Morgan fingerprint density at radius 3 is 2.76 bits per heavy atom. The van der Waals surface area contributed by atoms with E-state index < -0.39 is 0 Å². The molecule has 0 aliphatic heterocycles. The van der Waals surface area contributed by atoms with Crippen LogP contribution in [0.5, 0.6) is 5.75 Å². The molecule has 17 heavy (non-hydrogen) atoms. The molecular weight excluding hydrogens is 216 g/mol. The molecule has 0 heterocycles. The van der Waals surface area contributed by atoms with Crippen molar-refractivity contribution in [3.63, 3.8) is 0 Å². The van der Waals surface area contributed by atoms with Crippen LogP contribution in [0.2, 0.25) is 0 Å². The van der Waals surface area contributed by atoms with E-state index in [1.54, 1.807) is 0 Å². The number of nitrogens with one attached hydrogen (secondary N) is 1. The van der Waals surface area contributed by atoms with Crippen molar-refractivity contribution in [2.75, 3.05) is 19.7 Å². The number of nitrogens with two attached hydrogens (primary N) is 1. The van der Waals surface area contributed by atoms with E-state index in [0.29, 0.717) is 13.2 Å². The topological polar surface area (TPSA) is 64.3 Å². The van der Waals surface area contributed by atoms with Gasteiger partial charge in [0.1, 0.15) is 5.75 Å². The number of hydrogen-bond donors (Lipinski definition) is 2. The highest BCUT2D eigenvalue weighted by atomic mass is 16.5. The summed E-state index contributed by atoms with van der Waals surface area (Å²) in [4.78, 5) is 10.8. The molecule has 1 atom stereocenters. The van der Waals surface area contributed by atoms with Crippen LogP contribution >= 0.6 is 0 Å². The highest BCUT2D eigenvalue weighted by Gasteiger charge is 2.06. The van der Waals surface area contributed by atoms with Gasteiger partial charge in [0.25, 0.3) is 0 Å². The molecule has 1 amide bonds. The van der Waals surface area contributed by atoms with Crippen LogP contribution in [-0.4, -0.2) is 25.6 Å². The molecule has 0 radical (unpaired) electrons. The molecular formula is C13H20N2O2. The van der Waals surface area contributed by atoms with Gasteiger partial charge in [-0.3, -0.25) is 4.79 Å². The first-order valence-corrected chi connectivity index (χ1v) is 5.88. The average molecular weight is 236 g/mol. The summed E-state index contributed by atoms with van der Waals surface area (Å²) >= 11 is 0. The van der Waals surface area contributed by atoms with Crippen LogP contribution in [0.15, 0.2) is 30.3 Å². The van der Waals surface area contributed by atoms with Crippen LogP contribution < -0.4 is 15.8 Å². The fourth-order valence-corrected chi connectivity index (χ4v) is 1.32. The number of benzene rings is 1. The summed E-state index contributed by atoms with van der Waals surface area (Å²) < 4.78 is 5.53. The highest BCUT2D eigenvalue weighted by Crippen LogP contribution is 2.07. The van der Waals surface area contributed by atoms with Crippen molar-refractivity contribution < 1.29 is 9.53 Å². The SMILES string of the molecule is CC(CNCCCOc1ccccc1)C(N)=O. The number of para-hydroxylation sites is 1. The normalized spacial score (nSPS) is 12.1. The zero-order chi connectivity index (χ0) is 12.5. The second-order valence-corrected chi connectivity index (χ2v) is 4.02. The van der Waals surface area contributed by atoms with Gasteiger partial charge in [-0.05, 0) is 25.1 Å². The van der Waals surface area contributed by atoms with Crippen molar-refractivity contribution in [3.8, 4) is 5.75 Å². The van der Waals surface area contributed by atoms with Gasteiger partial charge in [0.15, 0.2) is 0 Å². The molecule has 0 spiro atoms. The van der Waals surface area contributed by atoms with Crippen molar-refractivity contribution in [2.45, 2.75) is 13.3 Å². The fraction of sp³-hybridized carbons (Fsp3) is 0.462. The maximum absolute atomic E-state index is 10.8. The molecule has 3 N–H and O–H groups in total. The van der Waals surface area contributed by atoms with E-state index in [0.717, 1.165) is 18.7 Å². The van der Waals surface area contributed by atoms with Crippen molar-refractivity contribution in [1.29, 1.82) is 0 Å². The van der Waals surface area contributed by atoms with Crippen LogP contribution in [0, 0.1) is 5.92 Å². The summed E-state index contributed by atoms with van der Waals surface area (Å²) in [5, 5.41) is 3.17. The minimum absolute atomic E-state index is 0.120. The van der Waals surface area contributed by atoms with Crippen LogP contribution in [0.3, 0.4) is 0 Å². The zero-order valence-corrected chi connectivity index (χ0v) is 10.2. The van der Waals surface area contributed by atoms with E-state index in [9.17, 15) is 4.79 Å². The Labute approximate surface area is 102 Å². The summed E-state index contributed by atoms with van der Waals surface area (Å²) in [6.07, 6.45) is 0.903. The monoisotopic (exact) mass is 236 g/mol. The molecule has 0 aromatic heterocycles. The molecule has 1 aromatic carbocycles. The van der Waals surface area contributed by atoms with Crippen LogP contribution in [0.1, 0.15) is 13.3 Å². The highest BCUT2D eigenvalue weighted by molar-refractivity contribution is 5.76. The quantitative estimate of drug-likeness (QED) is 0.666. The van der Waals surface area contributed by atoms with Gasteiger partial charge in [0.2, 0.25) is 5.91 Å². The molecule has 0 aliphatic carbocycles. The van der Waals surface area contributed by atoms with E-state index in [-0.39, 0.29) is 11.8 Å². The summed E-state index contributed by atoms with van der Waals surface area (Å²) in [5.74, 6) is 0.501. The van der Waals surface area contributed by atoms with Gasteiger partial charge in [-0.15, -0.1) is 0 Å². The molecule has 94 valence electrons. The van der Waals surface area contributed by atoms with E-state index in [1.165, 1.54) is 0 Å². The van der Waals surface area contributed by atoms with E-state index in [2.05, 4.69) is 5.32 Å². The first-order chi connectivity index (χ1) is 8.20.